The molecule has 80 valence electrons. The normalized spacial score (nSPS) is 20.9. The van der Waals surface area contributed by atoms with E-state index in [1.807, 2.05) is 24.3 Å². The van der Waals surface area contributed by atoms with E-state index in [1.165, 1.54) is 0 Å². The monoisotopic (exact) mass is 206 g/mol. The Hall–Kier alpha value is -1.39. The van der Waals surface area contributed by atoms with Gasteiger partial charge in [-0.05, 0) is 13.0 Å². The molecule has 0 spiro atoms. The number of nitrogens with one attached hydrogen (secondary N) is 2. The largest absolute Gasteiger partial charge is 0.392 e. The fourth-order valence-electron chi connectivity index (χ4n) is 1.70. The van der Waals surface area contributed by atoms with Crippen LogP contribution in [0.2, 0.25) is 0 Å². The first-order valence-corrected chi connectivity index (χ1v) is 4.99. The van der Waals surface area contributed by atoms with Crippen LogP contribution in [0.3, 0.4) is 0 Å². The number of hydrogen-bond acceptors (Lipinski definition) is 3. The lowest BCUT2D eigenvalue weighted by Crippen LogP contribution is -2.32. The van der Waals surface area contributed by atoms with E-state index in [0.29, 0.717) is 6.54 Å². The smallest absolute Gasteiger partial charge is 0.246 e. The minimum atomic E-state index is -0.453. The molecule has 0 saturated carbocycles. The van der Waals surface area contributed by atoms with Crippen LogP contribution < -0.4 is 10.6 Å². The number of para-hydroxylation sites is 1. The molecule has 2 rings (SSSR count). The molecular formula is C11H14N2O2. The summed E-state index contributed by atoms with van der Waals surface area (Å²) in [6.45, 7) is 2.10. The lowest BCUT2D eigenvalue weighted by molar-refractivity contribution is -0.117. The second kappa shape index (κ2) is 4.00. The van der Waals surface area contributed by atoms with E-state index in [1.54, 1.807) is 6.92 Å². The van der Waals surface area contributed by atoms with Crippen molar-refractivity contribution in [3.8, 4) is 0 Å². The van der Waals surface area contributed by atoms with Crippen LogP contribution in [0.25, 0.3) is 0 Å². The molecule has 15 heavy (non-hydrogen) atoms. The van der Waals surface area contributed by atoms with Crippen molar-refractivity contribution < 1.29 is 9.90 Å². The first kappa shape index (κ1) is 10.1. The number of rotatable bonds is 3. The van der Waals surface area contributed by atoms with E-state index in [-0.39, 0.29) is 11.9 Å². The van der Waals surface area contributed by atoms with E-state index in [2.05, 4.69) is 10.6 Å². The fourth-order valence-corrected chi connectivity index (χ4v) is 1.70. The molecule has 0 aliphatic carbocycles. The predicted molar refractivity (Wildman–Crippen MR) is 57.5 cm³/mol. The van der Waals surface area contributed by atoms with Crippen molar-refractivity contribution in [2.45, 2.75) is 19.1 Å². The Morgan fingerprint density at radius 2 is 2.27 bits per heavy atom. The highest BCUT2D eigenvalue weighted by Gasteiger charge is 2.29. The molecule has 1 heterocycles. The number of hydrogen-bond donors (Lipinski definition) is 3. The lowest BCUT2D eigenvalue weighted by Gasteiger charge is -2.12. The summed E-state index contributed by atoms with van der Waals surface area (Å²) in [5.41, 5.74) is 1.80. The zero-order valence-corrected chi connectivity index (χ0v) is 8.53. The zero-order chi connectivity index (χ0) is 10.8. The molecule has 0 aromatic heterocycles. The fraction of sp³-hybridized carbons (Fsp3) is 0.364. The van der Waals surface area contributed by atoms with Crippen LogP contribution >= 0.6 is 0 Å². The average Bonchev–Trinajstić information content (AvgIpc) is 2.50. The maximum absolute atomic E-state index is 11.6. The van der Waals surface area contributed by atoms with E-state index in [0.717, 1.165) is 11.3 Å². The Kier molecular flexibility index (Phi) is 2.70. The molecule has 1 aromatic rings. The standard InChI is InChI=1S/C11H14N2O2/c1-7(14)6-12-10-8-4-2-3-5-9(8)13-11(10)15/h2-5,7,10,12,14H,6H2,1H3,(H,13,15). The number of fused-ring (bicyclic) bond motifs is 1. The second-order valence-corrected chi connectivity index (χ2v) is 3.77. The molecule has 3 N–H and O–H groups in total. The molecule has 1 aromatic carbocycles. The summed E-state index contributed by atoms with van der Waals surface area (Å²) in [5.74, 6) is -0.0585. The summed E-state index contributed by atoms with van der Waals surface area (Å²) in [7, 11) is 0. The van der Waals surface area contributed by atoms with Crippen LogP contribution in [0.5, 0.6) is 0 Å². The maximum atomic E-state index is 11.6. The van der Waals surface area contributed by atoms with Gasteiger partial charge in [-0.25, -0.2) is 0 Å². The van der Waals surface area contributed by atoms with Gasteiger partial charge >= 0.3 is 0 Å². The summed E-state index contributed by atoms with van der Waals surface area (Å²) in [5, 5.41) is 15.0. The first-order chi connectivity index (χ1) is 7.18. The molecule has 4 heteroatoms. The van der Waals surface area contributed by atoms with Crippen molar-refractivity contribution in [1.82, 2.24) is 5.32 Å². The molecule has 4 nitrogen and oxygen atoms in total. The van der Waals surface area contributed by atoms with Gasteiger partial charge < -0.3 is 10.4 Å². The van der Waals surface area contributed by atoms with Crippen LogP contribution in [0.4, 0.5) is 5.69 Å². The quantitative estimate of drug-likeness (QED) is 0.680. The number of aliphatic hydroxyl groups is 1. The Balaban J connectivity index is 2.15. The molecule has 1 aliphatic heterocycles. The van der Waals surface area contributed by atoms with Gasteiger partial charge in [-0.3, -0.25) is 10.1 Å². The Morgan fingerprint density at radius 3 is 3.00 bits per heavy atom. The van der Waals surface area contributed by atoms with Crippen molar-refractivity contribution in [1.29, 1.82) is 0 Å². The highest BCUT2D eigenvalue weighted by molar-refractivity contribution is 6.02. The van der Waals surface area contributed by atoms with Gasteiger partial charge in [0.15, 0.2) is 0 Å². The molecule has 1 amide bonds. The number of anilines is 1. The van der Waals surface area contributed by atoms with Gasteiger partial charge in [0.1, 0.15) is 6.04 Å². The first-order valence-electron chi connectivity index (χ1n) is 4.99. The predicted octanol–water partition coefficient (Wildman–Crippen LogP) is 0.650. The Labute approximate surface area is 88.3 Å². The number of carbonyl (C=O) groups excluding carboxylic acids is 1. The third-order valence-corrected chi connectivity index (χ3v) is 2.41. The average molecular weight is 206 g/mol. The molecular weight excluding hydrogens is 192 g/mol. The minimum absolute atomic E-state index is 0.0585. The van der Waals surface area contributed by atoms with Crippen molar-refractivity contribution in [2.75, 3.05) is 11.9 Å². The third kappa shape index (κ3) is 2.00. The van der Waals surface area contributed by atoms with Gasteiger partial charge in [-0.2, -0.15) is 0 Å². The van der Waals surface area contributed by atoms with E-state index < -0.39 is 6.10 Å². The molecule has 0 bridgehead atoms. The summed E-state index contributed by atoms with van der Waals surface area (Å²) in [6.07, 6.45) is -0.453. The summed E-state index contributed by atoms with van der Waals surface area (Å²) in [6, 6.07) is 7.23. The van der Waals surface area contributed by atoms with Crippen LogP contribution in [0.1, 0.15) is 18.5 Å². The van der Waals surface area contributed by atoms with Gasteiger partial charge in [0.2, 0.25) is 5.91 Å². The number of amides is 1. The highest BCUT2D eigenvalue weighted by Crippen LogP contribution is 2.29. The van der Waals surface area contributed by atoms with Crippen molar-refractivity contribution in [3.05, 3.63) is 29.8 Å². The third-order valence-electron chi connectivity index (χ3n) is 2.41. The van der Waals surface area contributed by atoms with Gasteiger partial charge in [-0.1, -0.05) is 18.2 Å². The second-order valence-electron chi connectivity index (χ2n) is 3.77. The maximum Gasteiger partial charge on any atom is 0.246 e. The molecule has 0 radical (unpaired) electrons. The molecule has 0 saturated heterocycles. The summed E-state index contributed by atoms with van der Waals surface area (Å²) < 4.78 is 0. The Morgan fingerprint density at radius 1 is 1.53 bits per heavy atom. The summed E-state index contributed by atoms with van der Waals surface area (Å²) >= 11 is 0. The minimum Gasteiger partial charge on any atom is -0.392 e. The van der Waals surface area contributed by atoms with Crippen molar-refractivity contribution in [2.24, 2.45) is 0 Å². The van der Waals surface area contributed by atoms with E-state index in [4.69, 9.17) is 5.11 Å². The van der Waals surface area contributed by atoms with Gasteiger partial charge in [0.25, 0.3) is 0 Å². The number of carbonyl (C=O) groups is 1. The topological polar surface area (TPSA) is 61.4 Å². The molecule has 0 fully saturated rings. The van der Waals surface area contributed by atoms with Crippen LogP contribution in [0, 0.1) is 0 Å². The van der Waals surface area contributed by atoms with Crippen LogP contribution in [-0.4, -0.2) is 23.7 Å². The Bertz CT molecular complexity index is 377. The van der Waals surface area contributed by atoms with Gasteiger partial charge in [0.05, 0.1) is 6.10 Å². The van der Waals surface area contributed by atoms with E-state index >= 15 is 0 Å². The molecule has 2 unspecified atom stereocenters. The SMILES string of the molecule is CC(O)CNC1C(=O)Nc2ccccc21. The highest BCUT2D eigenvalue weighted by atomic mass is 16.3. The molecule has 2 atom stereocenters. The van der Waals surface area contributed by atoms with Crippen LogP contribution in [0.15, 0.2) is 24.3 Å². The van der Waals surface area contributed by atoms with Gasteiger partial charge in [-0.15, -0.1) is 0 Å². The summed E-state index contributed by atoms with van der Waals surface area (Å²) in [4.78, 5) is 11.6. The van der Waals surface area contributed by atoms with Crippen molar-refractivity contribution >= 4 is 11.6 Å². The van der Waals surface area contributed by atoms with Crippen molar-refractivity contribution in [3.63, 3.8) is 0 Å². The van der Waals surface area contributed by atoms with Gasteiger partial charge in [0, 0.05) is 17.8 Å². The molecule has 1 aliphatic rings. The zero-order valence-electron chi connectivity index (χ0n) is 8.53. The van der Waals surface area contributed by atoms with Crippen LogP contribution in [-0.2, 0) is 4.79 Å². The lowest BCUT2D eigenvalue weighted by atomic mass is 10.1. The number of benzene rings is 1. The van der Waals surface area contributed by atoms with E-state index in [9.17, 15) is 4.79 Å². The number of aliphatic hydroxyl groups excluding tert-OH is 1.